The lowest BCUT2D eigenvalue weighted by atomic mass is 9.53. The third kappa shape index (κ3) is 2.65. The van der Waals surface area contributed by atoms with Crippen LogP contribution in [0.15, 0.2) is 24.3 Å². The molecule has 2 nitrogen and oxygen atoms in total. The number of thiocarbonyl (C=S) groups is 1. The molecular formula is C21H28N2S. The Labute approximate surface area is 150 Å². The average Bonchev–Trinajstić information content (AvgIpc) is 2.53. The highest BCUT2D eigenvalue weighted by atomic mass is 32.1. The molecule has 5 aliphatic rings. The van der Waals surface area contributed by atoms with Gasteiger partial charge in [-0.3, -0.25) is 0 Å². The Morgan fingerprint density at radius 2 is 1.67 bits per heavy atom. The molecular weight excluding hydrogens is 312 g/mol. The molecule has 4 bridgehead atoms. The minimum Gasteiger partial charge on any atom is -0.357 e. The van der Waals surface area contributed by atoms with Crippen molar-refractivity contribution in [3.8, 4) is 0 Å². The second kappa shape index (κ2) is 5.72. The lowest BCUT2D eigenvalue weighted by molar-refractivity contribution is -0.0102. The fourth-order valence-electron chi connectivity index (χ4n) is 6.60. The van der Waals surface area contributed by atoms with E-state index in [1.54, 1.807) is 0 Å². The van der Waals surface area contributed by atoms with E-state index in [1.807, 2.05) is 0 Å². The molecule has 0 aromatic heterocycles. The monoisotopic (exact) mass is 340 g/mol. The van der Waals surface area contributed by atoms with Crippen LogP contribution in [0.2, 0.25) is 0 Å². The summed E-state index contributed by atoms with van der Waals surface area (Å²) in [6, 6.07) is 9.27. The van der Waals surface area contributed by atoms with E-state index in [0.717, 1.165) is 22.9 Å². The summed E-state index contributed by atoms with van der Waals surface area (Å²) >= 11 is 5.78. The standard InChI is InChI=1S/C21H28N2S/c24-20(22-19-7-3-5-17-4-1-2-6-18(17)19)23-21-11-14-8-15(12-21)10-16(9-14)13-21/h1-2,4,6,14-16,19H,3,5,7-13H2,(H2,22,23,24)/t14?,15?,16?,19-,21?/m1/s1. The van der Waals surface area contributed by atoms with Gasteiger partial charge < -0.3 is 10.6 Å². The molecule has 1 aromatic rings. The lowest BCUT2D eigenvalue weighted by Gasteiger charge is -2.57. The molecule has 24 heavy (non-hydrogen) atoms. The molecule has 128 valence electrons. The quantitative estimate of drug-likeness (QED) is 0.775. The number of nitrogens with one attached hydrogen (secondary N) is 2. The Morgan fingerprint density at radius 1 is 1.00 bits per heavy atom. The first kappa shape index (κ1) is 15.2. The molecule has 4 fully saturated rings. The molecule has 0 radical (unpaired) electrons. The van der Waals surface area contributed by atoms with Crippen molar-refractivity contribution in [2.75, 3.05) is 0 Å². The average molecular weight is 341 g/mol. The summed E-state index contributed by atoms with van der Waals surface area (Å²) in [5.74, 6) is 2.88. The van der Waals surface area contributed by atoms with Gasteiger partial charge in [0.15, 0.2) is 5.11 Å². The molecule has 5 aliphatic carbocycles. The molecule has 6 rings (SSSR count). The van der Waals surface area contributed by atoms with Crippen LogP contribution >= 0.6 is 12.2 Å². The van der Waals surface area contributed by atoms with Gasteiger partial charge in [-0.1, -0.05) is 24.3 Å². The topological polar surface area (TPSA) is 24.1 Å². The predicted molar refractivity (Wildman–Crippen MR) is 102 cm³/mol. The maximum atomic E-state index is 5.78. The van der Waals surface area contributed by atoms with Crippen molar-refractivity contribution in [2.24, 2.45) is 17.8 Å². The first-order valence-corrected chi connectivity index (χ1v) is 10.3. The van der Waals surface area contributed by atoms with Crippen molar-refractivity contribution in [2.45, 2.75) is 69.4 Å². The van der Waals surface area contributed by atoms with E-state index < -0.39 is 0 Å². The molecule has 2 N–H and O–H groups in total. The normalized spacial score (nSPS) is 39.3. The van der Waals surface area contributed by atoms with Crippen molar-refractivity contribution < 1.29 is 0 Å². The summed E-state index contributed by atoms with van der Waals surface area (Å²) < 4.78 is 0. The number of rotatable bonds is 2. The summed E-state index contributed by atoms with van der Waals surface area (Å²) in [5.41, 5.74) is 3.27. The van der Waals surface area contributed by atoms with Crippen molar-refractivity contribution >= 4 is 17.3 Å². The van der Waals surface area contributed by atoms with E-state index in [4.69, 9.17) is 12.2 Å². The highest BCUT2D eigenvalue weighted by Crippen LogP contribution is 2.55. The van der Waals surface area contributed by atoms with Crippen molar-refractivity contribution in [1.82, 2.24) is 10.6 Å². The maximum absolute atomic E-state index is 5.78. The summed E-state index contributed by atoms with van der Waals surface area (Å²) in [6.07, 6.45) is 12.2. The van der Waals surface area contributed by atoms with Gasteiger partial charge in [-0.15, -0.1) is 0 Å². The summed E-state index contributed by atoms with van der Waals surface area (Å²) in [7, 11) is 0. The molecule has 1 aromatic carbocycles. The Balaban J connectivity index is 1.29. The molecule has 0 saturated heterocycles. The summed E-state index contributed by atoms with van der Waals surface area (Å²) in [5, 5.41) is 8.39. The zero-order chi connectivity index (χ0) is 16.1. The SMILES string of the molecule is S=C(N[C@@H]1CCCc2ccccc21)NC12CC3CC(CC(C3)C1)C2. The van der Waals surface area contributed by atoms with E-state index in [1.165, 1.54) is 68.9 Å². The minimum atomic E-state index is 0.313. The number of benzene rings is 1. The van der Waals surface area contributed by atoms with Gasteiger partial charge in [0.25, 0.3) is 0 Å². The Hall–Kier alpha value is -1.09. The van der Waals surface area contributed by atoms with Crippen LogP contribution in [0.4, 0.5) is 0 Å². The fraction of sp³-hybridized carbons (Fsp3) is 0.667. The van der Waals surface area contributed by atoms with E-state index in [-0.39, 0.29) is 0 Å². The third-order valence-electron chi connectivity index (χ3n) is 7.09. The second-order valence-electron chi connectivity index (χ2n) is 8.94. The third-order valence-corrected chi connectivity index (χ3v) is 7.31. The first-order chi connectivity index (χ1) is 11.7. The highest BCUT2D eigenvalue weighted by molar-refractivity contribution is 7.80. The van der Waals surface area contributed by atoms with E-state index in [0.29, 0.717) is 11.6 Å². The van der Waals surface area contributed by atoms with Crippen LogP contribution in [-0.4, -0.2) is 10.7 Å². The number of fused-ring (bicyclic) bond motifs is 1. The van der Waals surface area contributed by atoms with Crippen molar-refractivity contribution in [3.63, 3.8) is 0 Å². The smallest absolute Gasteiger partial charge is 0.167 e. The van der Waals surface area contributed by atoms with Gasteiger partial charge in [0.1, 0.15) is 0 Å². The van der Waals surface area contributed by atoms with Crippen LogP contribution < -0.4 is 10.6 Å². The van der Waals surface area contributed by atoms with Crippen LogP contribution in [0.3, 0.4) is 0 Å². The predicted octanol–water partition coefficient (Wildman–Crippen LogP) is 4.50. The molecule has 4 saturated carbocycles. The van der Waals surface area contributed by atoms with E-state index >= 15 is 0 Å². The lowest BCUT2D eigenvalue weighted by Crippen LogP contribution is -2.61. The van der Waals surface area contributed by atoms with Crippen molar-refractivity contribution in [3.05, 3.63) is 35.4 Å². The Kier molecular flexibility index (Phi) is 3.62. The van der Waals surface area contributed by atoms with Crippen LogP contribution in [-0.2, 0) is 6.42 Å². The molecule has 0 unspecified atom stereocenters. The van der Waals surface area contributed by atoms with E-state index in [2.05, 4.69) is 34.9 Å². The zero-order valence-corrected chi connectivity index (χ0v) is 15.2. The van der Waals surface area contributed by atoms with Crippen LogP contribution in [0.5, 0.6) is 0 Å². The van der Waals surface area contributed by atoms with Crippen molar-refractivity contribution in [1.29, 1.82) is 0 Å². The van der Waals surface area contributed by atoms with Crippen LogP contribution in [0.25, 0.3) is 0 Å². The Bertz CT molecular complexity index is 618. The van der Waals surface area contributed by atoms with Crippen LogP contribution in [0.1, 0.15) is 68.5 Å². The minimum absolute atomic E-state index is 0.313. The molecule has 3 heteroatoms. The molecule has 1 atom stereocenters. The number of hydrogen-bond donors (Lipinski definition) is 2. The number of hydrogen-bond acceptors (Lipinski definition) is 1. The first-order valence-electron chi connectivity index (χ1n) is 9.86. The summed E-state index contributed by atoms with van der Waals surface area (Å²) in [4.78, 5) is 0. The van der Waals surface area contributed by atoms with Gasteiger partial charge in [0.2, 0.25) is 0 Å². The molecule has 0 amide bonds. The zero-order valence-electron chi connectivity index (χ0n) is 14.4. The van der Waals surface area contributed by atoms with Gasteiger partial charge in [0.05, 0.1) is 6.04 Å². The molecule has 0 spiro atoms. The maximum Gasteiger partial charge on any atom is 0.167 e. The highest BCUT2D eigenvalue weighted by Gasteiger charge is 2.51. The molecule has 0 heterocycles. The van der Waals surface area contributed by atoms with Gasteiger partial charge in [0, 0.05) is 5.54 Å². The van der Waals surface area contributed by atoms with Gasteiger partial charge in [-0.25, -0.2) is 0 Å². The molecule has 0 aliphatic heterocycles. The van der Waals surface area contributed by atoms with E-state index in [9.17, 15) is 0 Å². The van der Waals surface area contributed by atoms with Gasteiger partial charge >= 0.3 is 0 Å². The fourth-order valence-corrected chi connectivity index (χ4v) is 6.96. The summed E-state index contributed by atoms with van der Waals surface area (Å²) in [6.45, 7) is 0. The van der Waals surface area contributed by atoms with Crippen LogP contribution in [0, 0.1) is 17.8 Å². The van der Waals surface area contributed by atoms with Gasteiger partial charge in [-0.05, 0) is 98.9 Å². The second-order valence-corrected chi connectivity index (χ2v) is 9.35. The number of aryl methyl sites for hydroxylation is 1. The van der Waals surface area contributed by atoms with Gasteiger partial charge in [-0.2, -0.15) is 0 Å². The Morgan fingerprint density at radius 3 is 2.38 bits per heavy atom. The largest absolute Gasteiger partial charge is 0.357 e.